The van der Waals surface area contributed by atoms with E-state index >= 15 is 0 Å². The van der Waals surface area contributed by atoms with E-state index in [1.165, 1.54) is 0 Å². The summed E-state index contributed by atoms with van der Waals surface area (Å²) in [7, 11) is 1.88. The van der Waals surface area contributed by atoms with Crippen LogP contribution in [0.25, 0.3) is 0 Å². The van der Waals surface area contributed by atoms with Crippen LogP contribution >= 0.6 is 0 Å². The smallest absolute Gasteiger partial charge is 0.0521 e. The van der Waals surface area contributed by atoms with E-state index in [1.807, 2.05) is 37.3 Å². The Hall–Kier alpha value is -1.02. The minimum Gasteiger partial charge on any atom is -0.285 e. The topological polar surface area (TPSA) is 15.3 Å². The Kier molecular flexibility index (Phi) is 6.11. The lowest BCUT2D eigenvalue weighted by atomic mass is 10.4. The Morgan fingerprint density at radius 2 is 2.25 bits per heavy atom. The van der Waals surface area contributed by atoms with Crippen LogP contribution in [-0.4, -0.2) is 12.1 Å². The first-order valence-corrected chi connectivity index (χ1v) is 4.22. The predicted octanol–water partition coefficient (Wildman–Crippen LogP) is 2.44. The summed E-state index contributed by atoms with van der Waals surface area (Å²) in [4.78, 5) is 0. The third-order valence-corrected chi connectivity index (χ3v) is 1.51. The average molecular weight is 166 g/mol. The van der Waals surface area contributed by atoms with Crippen LogP contribution in [0.2, 0.25) is 0 Å². The van der Waals surface area contributed by atoms with Gasteiger partial charge in [0.2, 0.25) is 0 Å². The molecule has 0 saturated carbocycles. The highest BCUT2D eigenvalue weighted by Gasteiger charge is 1.96. The van der Waals surface area contributed by atoms with E-state index in [4.69, 9.17) is 0 Å². The normalized spacial score (nSPS) is 12.1. The molecular formula is C10H18N2. The molecule has 0 heterocycles. The van der Waals surface area contributed by atoms with Gasteiger partial charge in [-0.05, 0) is 19.4 Å². The van der Waals surface area contributed by atoms with E-state index in [-0.39, 0.29) is 0 Å². The SMILES string of the molecule is C=C/C(=C/C)N(/C=C\CC)NC. The molecule has 0 unspecified atom stereocenters. The van der Waals surface area contributed by atoms with Gasteiger partial charge in [0.1, 0.15) is 0 Å². The number of allylic oxidation sites excluding steroid dienone is 3. The maximum absolute atomic E-state index is 3.72. The van der Waals surface area contributed by atoms with Crippen LogP contribution in [0.3, 0.4) is 0 Å². The van der Waals surface area contributed by atoms with Gasteiger partial charge in [0.25, 0.3) is 0 Å². The largest absolute Gasteiger partial charge is 0.285 e. The van der Waals surface area contributed by atoms with Gasteiger partial charge in [0, 0.05) is 13.2 Å². The Balaban J connectivity index is 4.32. The molecule has 0 rings (SSSR count). The van der Waals surface area contributed by atoms with Crippen molar-refractivity contribution in [1.82, 2.24) is 10.4 Å². The maximum atomic E-state index is 3.72. The lowest BCUT2D eigenvalue weighted by molar-refractivity contribution is 0.384. The van der Waals surface area contributed by atoms with Gasteiger partial charge in [0.05, 0.1) is 5.70 Å². The van der Waals surface area contributed by atoms with Crippen molar-refractivity contribution >= 4 is 0 Å². The first-order valence-electron chi connectivity index (χ1n) is 4.22. The molecule has 0 spiro atoms. The molecule has 0 aromatic rings. The van der Waals surface area contributed by atoms with Crippen molar-refractivity contribution in [3.05, 3.63) is 36.7 Å². The minimum absolute atomic E-state index is 1.03. The van der Waals surface area contributed by atoms with Crippen molar-refractivity contribution in [3.63, 3.8) is 0 Å². The fraction of sp³-hybridized carbons (Fsp3) is 0.400. The first-order chi connectivity index (χ1) is 5.79. The molecule has 0 atom stereocenters. The number of hydrogen-bond acceptors (Lipinski definition) is 2. The number of hydrogen-bond donors (Lipinski definition) is 1. The lowest BCUT2D eigenvalue weighted by Crippen LogP contribution is -2.28. The van der Waals surface area contributed by atoms with E-state index < -0.39 is 0 Å². The van der Waals surface area contributed by atoms with Crippen molar-refractivity contribution in [2.24, 2.45) is 0 Å². The molecule has 0 aliphatic rings. The summed E-state index contributed by atoms with van der Waals surface area (Å²) in [5.41, 5.74) is 4.10. The molecule has 0 aromatic carbocycles. The third-order valence-electron chi connectivity index (χ3n) is 1.51. The second kappa shape index (κ2) is 6.68. The van der Waals surface area contributed by atoms with E-state index in [0.717, 1.165) is 12.1 Å². The Bertz CT molecular complexity index is 180. The Morgan fingerprint density at radius 3 is 2.58 bits per heavy atom. The summed E-state index contributed by atoms with van der Waals surface area (Å²) in [6.45, 7) is 7.82. The van der Waals surface area contributed by atoms with Gasteiger partial charge in [-0.25, -0.2) is 5.43 Å². The Morgan fingerprint density at radius 1 is 1.58 bits per heavy atom. The van der Waals surface area contributed by atoms with Crippen molar-refractivity contribution in [1.29, 1.82) is 0 Å². The zero-order chi connectivity index (χ0) is 9.40. The van der Waals surface area contributed by atoms with Gasteiger partial charge >= 0.3 is 0 Å². The summed E-state index contributed by atoms with van der Waals surface area (Å²) in [5, 5.41) is 1.93. The zero-order valence-corrected chi connectivity index (χ0v) is 8.17. The standard InChI is InChI=1S/C10H18N2/c1-5-8-9-12(11-4)10(6-2)7-3/h6-9,11H,2,5H2,1,3-4H3/b9-8-,10-7-. The molecule has 0 amide bonds. The number of rotatable bonds is 5. The summed E-state index contributed by atoms with van der Waals surface area (Å²) in [6, 6.07) is 0. The fourth-order valence-corrected chi connectivity index (χ4v) is 0.856. The maximum Gasteiger partial charge on any atom is 0.0521 e. The van der Waals surface area contributed by atoms with E-state index in [0.29, 0.717) is 0 Å². The highest BCUT2D eigenvalue weighted by molar-refractivity contribution is 5.15. The average Bonchev–Trinajstić information content (AvgIpc) is 2.12. The molecule has 0 saturated heterocycles. The monoisotopic (exact) mass is 166 g/mol. The molecule has 0 aromatic heterocycles. The number of nitrogens with one attached hydrogen (secondary N) is 1. The first kappa shape index (κ1) is 11.0. The molecule has 2 heteroatoms. The molecule has 0 fully saturated rings. The summed E-state index contributed by atoms with van der Waals surface area (Å²) >= 11 is 0. The fourth-order valence-electron chi connectivity index (χ4n) is 0.856. The molecule has 68 valence electrons. The van der Waals surface area contributed by atoms with Crippen molar-refractivity contribution in [3.8, 4) is 0 Å². The summed E-state index contributed by atoms with van der Waals surface area (Å²) in [5.74, 6) is 0. The van der Waals surface area contributed by atoms with Gasteiger partial charge in [0.15, 0.2) is 0 Å². The highest BCUT2D eigenvalue weighted by Crippen LogP contribution is 2.02. The van der Waals surface area contributed by atoms with Gasteiger partial charge in [-0.1, -0.05) is 25.7 Å². The summed E-state index contributed by atoms with van der Waals surface area (Å²) < 4.78 is 0. The van der Waals surface area contributed by atoms with Crippen LogP contribution in [0.5, 0.6) is 0 Å². The van der Waals surface area contributed by atoms with Crippen LogP contribution < -0.4 is 5.43 Å². The second-order valence-corrected chi connectivity index (χ2v) is 2.30. The molecule has 0 bridgehead atoms. The number of nitrogens with zero attached hydrogens (tertiary/aromatic N) is 1. The molecular weight excluding hydrogens is 148 g/mol. The molecule has 2 nitrogen and oxygen atoms in total. The molecule has 0 aliphatic heterocycles. The van der Waals surface area contributed by atoms with Gasteiger partial charge in [-0.2, -0.15) is 0 Å². The zero-order valence-electron chi connectivity index (χ0n) is 8.17. The van der Waals surface area contributed by atoms with Gasteiger partial charge in [-0.15, -0.1) is 0 Å². The van der Waals surface area contributed by atoms with Crippen LogP contribution in [0.15, 0.2) is 36.7 Å². The third kappa shape index (κ3) is 3.39. The van der Waals surface area contributed by atoms with Crippen molar-refractivity contribution in [2.45, 2.75) is 20.3 Å². The van der Waals surface area contributed by atoms with Crippen LogP contribution in [0.4, 0.5) is 0 Å². The molecule has 12 heavy (non-hydrogen) atoms. The number of hydrazine groups is 1. The lowest BCUT2D eigenvalue weighted by Gasteiger charge is -2.19. The quantitative estimate of drug-likeness (QED) is 0.498. The second-order valence-electron chi connectivity index (χ2n) is 2.30. The van der Waals surface area contributed by atoms with Crippen LogP contribution in [0, 0.1) is 0 Å². The van der Waals surface area contributed by atoms with Crippen LogP contribution in [-0.2, 0) is 0 Å². The van der Waals surface area contributed by atoms with E-state index in [2.05, 4.69) is 25.0 Å². The predicted molar refractivity (Wildman–Crippen MR) is 54.3 cm³/mol. The summed E-state index contributed by atoms with van der Waals surface area (Å²) in [6.07, 6.45) is 8.94. The molecule has 1 N–H and O–H groups in total. The molecule has 0 aliphatic carbocycles. The van der Waals surface area contributed by atoms with Crippen LogP contribution in [0.1, 0.15) is 20.3 Å². The van der Waals surface area contributed by atoms with Crippen molar-refractivity contribution in [2.75, 3.05) is 7.05 Å². The van der Waals surface area contributed by atoms with E-state index in [9.17, 15) is 0 Å². The molecule has 0 radical (unpaired) electrons. The van der Waals surface area contributed by atoms with E-state index in [1.54, 1.807) is 0 Å². The highest BCUT2D eigenvalue weighted by atomic mass is 15.5. The van der Waals surface area contributed by atoms with Gasteiger partial charge < -0.3 is 0 Å². The van der Waals surface area contributed by atoms with Gasteiger partial charge in [-0.3, -0.25) is 5.01 Å². The Labute approximate surface area is 75.2 Å². The minimum atomic E-state index is 1.03. The van der Waals surface area contributed by atoms with Crippen molar-refractivity contribution < 1.29 is 0 Å².